The Labute approximate surface area is 256 Å². The Balaban J connectivity index is 1.28. The summed E-state index contributed by atoms with van der Waals surface area (Å²) in [6, 6.07) is 11.1. The van der Waals surface area contributed by atoms with E-state index in [1.165, 1.54) is 6.92 Å². The van der Waals surface area contributed by atoms with E-state index in [9.17, 15) is 14.4 Å². The zero-order chi connectivity index (χ0) is 31.2. The number of amides is 2. The first kappa shape index (κ1) is 30.6. The van der Waals surface area contributed by atoms with Crippen LogP contribution in [-0.2, 0) is 9.59 Å². The molecule has 3 N–H and O–H groups in total. The second kappa shape index (κ2) is 13.6. The van der Waals surface area contributed by atoms with Crippen LogP contribution >= 0.6 is 0 Å². The summed E-state index contributed by atoms with van der Waals surface area (Å²) in [6.07, 6.45) is 8.26. The van der Waals surface area contributed by atoms with E-state index in [2.05, 4.69) is 25.1 Å². The van der Waals surface area contributed by atoms with Gasteiger partial charge in [-0.25, -0.2) is 15.4 Å². The van der Waals surface area contributed by atoms with Gasteiger partial charge < -0.3 is 15.1 Å². The van der Waals surface area contributed by atoms with Gasteiger partial charge in [-0.3, -0.25) is 24.5 Å². The van der Waals surface area contributed by atoms with Crippen LogP contribution in [0, 0.1) is 0 Å². The minimum absolute atomic E-state index is 0.0387. The first-order valence-corrected chi connectivity index (χ1v) is 14.9. The van der Waals surface area contributed by atoms with Gasteiger partial charge >= 0.3 is 0 Å². The van der Waals surface area contributed by atoms with Crippen molar-refractivity contribution in [1.82, 2.24) is 20.4 Å². The molecule has 12 nitrogen and oxygen atoms in total. The monoisotopic (exact) mass is 598 g/mol. The van der Waals surface area contributed by atoms with Crippen LogP contribution in [-0.4, -0.2) is 70.5 Å². The van der Waals surface area contributed by atoms with Crippen molar-refractivity contribution in [3.8, 4) is 0 Å². The Hall–Kier alpha value is -4.84. The number of benzene rings is 1. The zero-order valence-corrected chi connectivity index (χ0v) is 25.3. The van der Waals surface area contributed by atoms with Crippen LogP contribution in [0.2, 0.25) is 0 Å². The number of hydroxylamine groups is 1. The molecule has 1 aromatic carbocycles. The summed E-state index contributed by atoms with van der Waals surface area (Å²) in [4.78, 5) is 56.1. The van der Waals surface area contributed by atoms with Gasteiger partial charge in [-0.2, -0.15) is 4.98 Å². The summed E-state index contributed by atoms with van der Waals surface area (Å²) in [5.74, 6) is 0.809. The molecule has 1 aliphatic carbocycles. The standard InChI is InChI=1S/C32H38N8O4/c1-21(23(3)42)22(2)28-19-34-32(36-30(28)40(20-41)26-6-4-5-7-26)35-29-13-12-27(18-33-29)39-16-14-38(15-17-39)25-10-8-24(9-11-25)31(43)37-44/h8-13,18-20,26,44H,4-7,14-17H2,1-3H3,(H,37,43)(H,33,34,35,36)/b22-21+. The number of carbonyl (C=O) groups excluding carboxylic acids is 3. The highest BCUT2D eigenvalue weighted by Gasteiger charge is 2.27. The first-order chi connectivity index (χ1) is 21.3. The summed E-state index contributed by atoms with van der Waals surface area (Å²) in [5.41, 5.74) is 6.08. The van der Waals surface area contributed by atoms with Crippen molar-refractivity contribution in [2.75, 3.05) is 46.2 Å². The fourth-order valence-electron chi connectivity index (χ4n) is 5.72. The van der Waals surface area contributed by atoms with Crippen LogP contribution in [0.1, 0.15) is 62.4 Å². The quantitative estimate of drug-likeness (QED) is 0.133. The Morgan fingerprint density at radius 1 is 0.909 bits per heavy atom. The van der Waals surface area contributed by atoms with Crippen molar-refractivity contribution in [3.63, 3.8) is 0 Å². The van der Waals surface area contributed by atoms with E-state index >= 15 is 0 Å². The van der Waals surface area contributed by atoms with Gasteiger partial charge in [0.15, 0.2) is 5.78 Å². The van der Waals surface area contributed by atoms with Gasteiger partial charge in [0.05, 0.1) is 11.9 Å². The molecule has 1 aliphatic heterocycles. The van der Waals surface area contributed by atoms with E-state index in [0.717, 1.165) is 75.2 Å². The molecule has 2 aliphatic rings. The number of Topliss-reactive ketones (excluding diaryl/α,β-unsaturated/α-hetero) is 1. The molecule has 1 saturated heterocycles. The number of hydrogen-bond donors (Lipinski definition) is 3. The maximum Gasteiger partial charge on any atom is 0.274 e. The molecule has 0 unspecified atom stereocenters. The zero-order valence-electron chi connectivity index (χ0n) is 25.3. The highest BCUT2D eigenvalue weighted by Crippen LogP contribution is 2.33. The largest absolute Gasteiger partial charge is 0.368 e. The van der Waals surface area contributed by atoms with E-state index in [0.29, 0.717) is 34.3 Å². The fourth-order valence-corrected chi connectivity index (χ4v) is 5.72. The lowest BCUT2D eigenvalue weighted by molar-refractivity contribution is -0.113. The number of hydrogen-bond acceptors (Lipinski definition) is 10. The van der Waals surface area contributed by atoms with Gasteiger partial charge in [0.2, 0.25) is 12.4 Å². The van der Waals surface area contributed by atoms with E-state index in [1.54, 1.807) is 35.6 Å². The van der Waals surface area contributed by atoms with Gasteiger partial charge in [-0.15, -0.1) is 0 Å². The topological polar surface area (TPSA) is 144 Å². The fraction of sp³-hybridized carbons (Fsp3) is 0.375. The normalized spacial score (nSPS) is 15.9. The molecular weight excluding hydrogens is 560 g/mol. The third-order valence-electron chi connectivity index (χ3n) is 8.57. The molecule has 230 valence electrons. The molecule has 1 saturated carbocycles. The van der Waals surface area contributed by atoms with Crippen molar-refractivity contribution in [2.45, 2.75) is 52.5 Å². The minimum Gasteiger partial charge on any atom is -0.368 e. The lowest BCUT2D eigenvalue weighted by Crippen LogP contribution is -2.46. The van der Waals surface area contributed by atoms with Crippen LogP contribution in [0.5, 0.6) is 0 Å². The lowest BCUT2D eigenvalue weighted by atomic mass is 10.0. The second-order valence-electron chi connectivity index (χ2n) is 11.2. The Kier molecular flexibility index (Phi) is 9.49. The Bertz CT molecular complexity index is 1530. The molecule has 0 bridgehead atoms. The highest BCUT2D eigenvalue weighted by molar-refractivity contribution is 6.01. The number of rotatable bonds is 10. The van der Waals surface area contributed by atoms with Crippen molar-refractivity contribution in [1.29, 1.82) is 0 Å². The number of pyridine rings is 1. The number of nitrogens with zero attached hydrogens (tertiary/aromatic N) is 6. The molecule has 0 radical (unpaired) electrons. The molecule has 12 heteroatoms. The average Bonchev–Trinajstić information content (AvgIpc) is 3.59. The molecule has 0 spiro atoms. The smallest absolute Gasteiger partial charge is 0.274 e. The van der Waals surface area contributed by atoms with Gasteiger partial charge in [-0.05, 0) is 81.2 Å². The number of nitrogens with one attached hydrogen (secondary N) is 2. The van der Waals surface area contributed by atoms with Crippen molar-refractivity contribution in [3.05, 3.63) is 65.5 Å². The number of ketones is 1. The Morgan fingerprint density at radius 3 is 2.11 bits per heavy atom. The van der Waals surface area contributed by atoms with E-state index < -0.39 is 5.91 Å². The summed E-state index contributed by atoms with van der Waals surface area (Å²) >= 11 is 0. The summed E-state index contributed by atoms with van der Waals surface area (Å²) in [5, 5.41) is 12.0. The number of carbonyl (C=O) groups is 3. The predicted octanol–water partition coefficient (Wildman–Crippen LogP) is 4.35. The van der Waals surface area contributed by atoms with Crippen LogP contribution in [0.15, 0.2) is 54.4 Å². The third kappa shape index (κ3) is 6.70. The van der Waals surface area contributed by atoms with Crippen molar-refractivity contribution < 1.29 is 19.6 Å². The number of allylic oxidation sites excluding steroid dienone is 2. The summed E-state index contributed by atoms with van der Waals surface area (Å²) < 4.78 is 0. The summed E-state index contributed by atoms with van der Waals surface area (Å²) in [7, 11) is 0. The maximum atomic E-state index is 12.3. The molecule has 2 aromatic heterocycles. The average molecular weight is 599 g/mol. The molecule has 3 aromatic rings. The van der Waals surface area contributed by atoms with Gasteiger partial charge in [0.25, 0.3) is 5.91 Å². The van der Waals surface area contributed by atoms with Crippen LogP contribution in [0.4, 0.5) is 29.0 Å². The lowest BCUT2D eigenvalue weighted by Gasteiger charge is -2.37. The molecule has 2 fully saturated rings. The van der Waals surface area contributed by atoms with Gasteiger partial charge in [0.1, 0.15) is 11.6 Å². The highest BCUT2D eigenvalue weighted by atomic mass is 16.5. The number of aromatic nitrogens is 3. The van der Waals surface area contributed by atoms with Crippen molar-refractivity contribution in [2.24, 2.45) is 0 Å². The summed E-state index contributed by atoms with van der Waals surface area (Å²) in [6.45, 7) is 8.38. The van der Waals surface area contributed by atoms with E-state index in [4.69, 9.17) is 10.2 Å². The van der Waals surface area contributed by atoms with Crippen LogP contribution in [0.25, 0.3) is 5.57 Å². The second-order valence-corrected chi connectivity index (χ2v) is 11.2. The van der Waals surface area contributed by atoms with Crippen molar-refractivity contribution >= 4 is 52.6 Å². The maximum absolute atomic E-state index is 12.3. The molecule has 2 amide bonds. The predicted molar refractivity (Wildman–Crippen MR) is 169 cm³/mol. The molecule has 0 atom stereocenters. The Morgan fingerprint density at radius 2 is 1.55 bits per heavy atom. The van der Waals surface area contributed by atoms with Crippen LogP contribution in [0.3, 0.4) is 0 Å². The number of piperazine rings is 1. The molecule has 5 rings (SSSR count). The molecule has 3 heterocycles. The van der Waals surface area contributed by atoms with E-state index in [1.807, 2.05) is 37.4 Å². The SMILES string of the molecule is CC(=O)/C(C)=C(\C)c1cnc(Nc2ccc(N3CCN(c4ccc(C(=O)NO)cc4)CC3)cn2)nc1N(C=O)C1CCCC1. The first-order valence-electron chi connectivity index (χ1n) is 14.9. The minimum atomic E-state index is -0.533. The molecular formula is C32H38N8O4. The van der Waals surface area contributed by atoms with Crippen LogP contribution < -0.4 is 25.5 Å². The van der Waals surface area contributed by atoms with Gasteiger partial charge in [-0.1, -0.05) is 12.8 Å². The molecule has 44 heavy (non-hydrogen) atoms. The van der Waals surface area contributed by atoms with E-state index in [-0.39, 0.29) is 11.8 Å². The third-order valence-corrected chi connectivity index (χ3v) is 8.57. The van der Waals surface area contributed by atoms with Gasteiger partial charge in [0, 0.05) is 55.2 Å². The number of anilines is 5.